The highest BCUT2D eigenvalue weighted by Gasteiger charge is 2.35. The smallest absolute Gasteiger partial charge is 0.328 e. The maximum absolute atomic E-state index is 13.4. The highest BCUT2D eigenvalue weighted by Crippen LogP contribution is 2.17. The topological polar surface area (TPSA) is 171 Å². The molecule has 0 aliphatic heterocycles. The highest BCUT2D eigenvalue weighted by molar-refractivity contribution is 6.38. The molecule has 0 fully saturated rings. The van der Waals surface area contributed by atoms with Gasteiger partial charge in [0.25, 0.3) is 5.91 Å². The fourth-order valence-corrected chi connectivity index (χ4v) is 5.15. The number of fused-ring (bicyclic) bond motifs is 1. The summed E-state index contributed by atoms with van der Waals surface area (Å²) in [5.74, 6) is -5.34. The molecule has 49 heavy (non-hydrogen) atoms. The van der Waals surface area contributed by atoms with Crippen molar-refractivity contribution in [2.24, 2.45) is 0 Å². The summed E-state index contributed by atoms with van der Waals surface area (Å²) in [6.45, 7) is 3.93. The van der Waals surface area contributed by atoms with Crippen LogP contribution in [0, 0.1) is 0 Å². The first kappa shape index (κ1) is 36.0. The second-order valence-corrected chi connectivity index (χ2v) is 12.4. The Morgan fingerprint density at radius 1 is 0.633 bits per heavy atom. The Labute approximate surface area is 284 Å². The van der Waals surface area contributed by atoms with E-state index in [0.717, 1.165) is 21.9 Å². The van der Waals surface area contributed by atoms with E-state index in [1.807, 2.05) is 48.5 Å². The fourth-order valence-electron chi connectivity index (χ4n) is 5.15. The molecule has 0 heterocycles. The number of carbonyl (C=O) groups excluding carboxylic acids is 5. The Hall–Kier alpha value is -5.84. The van der Waals surface area contributed by atoms with E-state index in [0.29, 0.717) is 5.56 Å². The summed E-state index contributed by atoms with van der Waals surface area (Å²) in [6, 6.07) is 27.4. The van der Waals surface area contributed by atoms with Crippen molar-refractivity contribution in [3.8, 4) is 0 Å². The number of ketones is 1. The minimum Gasteiger partial charge on any atom is -0.480 e. The number of carboxylic acids is 1. The zero-order chi connectivity index (χ0) is 35.6. The van der Waals surface area contributed by atoms with Crippen LogP contribution in [-0.4, -0.2) is 64.2 Å². The van der Waals surface area contributed by atoms with Crippen LogP contribution >= 0.6 is 0 Å². The van der Waals surface area contributed by atoms with Crippen LogP contribution in [0.2, 0.25) is 0 Å². The van der Waals surface area contributed by atoms with E-state index in [2.05, 4.69) is 21.3 Å². The first-order chi connectivity index (χ1) is 23.3. The number of carboxylic acid groups (broad SMARTS) is 1. The van der Waals surface area contributed by atoms with Crippen molar-refractivity contribution in [2.75, 3.05) is 0 Å². The van der Waals surface area contributed by atoms with Crippen LogP contribution < -0.4 is 21.3 Å². The second-order valence-electron chi connectivity index (χ2n) is 12.4. The molecule has 0 spiro atoms. The molecule has 0 radical (unpaired) electrons. The van der Waals surface area contributed by atoms with Crippen molar-refractivity contribution in [3.05, 3.63) is 120 Å². The van der Waals surface area contributed by atoms with Gasteiger partial charge in [-0.25, -0.2) is 4.79 Å². The number of rotatable bonds is 15. The van der Waals surface area contributed by atoms with Crippen molar-refractivity contribution in [1.29, 1.82) is 0 Å². The van der Waals surface area contributed by atoms with Gasteiger partial charge < -0.3 is 26.4 Å². The van der Waals surface area contributed by atoms with Gasteiger partial charge in [0.1, 0.15) is 17.6 Å². The predicted molar refractivity (Wildman–Crippen MR) is 184 cm³/mol. The summed E-state index contributed by atoms with van der Waals surface area (Å²) in [7, 11) is 0. The lowest BCUT2D eigenvalue weighted by Gasteiger charge is -2.26. The molecule has 0 aliphatic carbocycles. The van der Waals surface area contributed by atoms with Gasteiger partial charge in [0, 0.05) is 12.8 Å². The van der Waals surface area contributed by atoms with E-state index < -0.39 is 59.0 Å². The summed E-state index contributed by atoms with van der Waals surface area (Å²) in [4.78, 5) is 77.9. The fraction of sp³-hybridized carbons (Fsp3) is 0.263. The van der Waals surface area contributed by atoms with E-state index in [1.54, 1.807) is 54.6 Å². The molecule has 11 heteroatoms. The third-order valence-corrected chi connectivity index (χ3v) is 7.96. The SMILES string of the molecule is CC(NC(=O)C(Cc1ccccc1)NC(=O)Cc1ccccc1)C(=O)C(=O)NC(Cc1ccc2ccccc2c1)C(=O)NC(C)(C)C(=O)O. The summed E-state index contributed by atoms with van der Waals surface area (Å²) < 4.78 is 0. The molecular weight excluding hydrogens is 624 g/mol. The number of nitrogens with one attached hydrogen (secondary N) is 4. The van der Waals surface area contributed by atoms with Crippen LogP contribution in [-0.2, 0) is 48.0 Å². The molecule has 0 aliphatic rings. The Bertz CT molecular complexity index is 1830. The normalized spacial score (nSPS) is 13.0. The van der Waals surface area contributed by atoms with Crippen LogP contribution in [0.5, 0.6) is 0 Å². The molecule has 3 unspecified atom stereocenters. The van der Waals surface area contributed by atoms with Crippen LogP contribution in [0.4, 0.5) is 0 Å². The summed E-state index contributed by atoms with van der Waals surface area (Å²) in [5.41, 5.74) is 0.531. The number of amides is 4. The number of aliphatic carboxylic acids is 1. The van der Waals surface area contributed by atoms with Gasteiger partial charge in [-0.1, -0.05) is 103 Å². The van der Waals surface area contributed by atoms with E-state index in [1.165, 1.54) is 20.8 Å². The predicted octanol–water partition coefficient (Wildman–Crippen LogP) is 2.89. The van der Waals surface area contributed by atoms with E-state index in [4.69, 9.17) is 0 Å². The van der Waals surface area contributed by atoms with Crippen LogP contribution in [0.15, 0.2) is 103 Å². The standard InChI is InChI=1S/C38H40N4O7/c1-24(39-34(45)30(21-25-12-6-4-7-13-25)40-32(43)23-26-14-8-5-9-15-26)33(44)36(47)41-31(35(46)42-38(2,3)37(48)49)22-27-18-19-28-16-10-11-17-29(28)20-27/h4-20,24,30-31H,21-23H2,1-3H3,(H,39,45)(H,40,43)(H,41,47)(H,42,46)(H,48,49). The molecule has 254 valence electrons. The molecule has 0 saturated carbocycles. The average molecular weight is 665 g/mol. The molecule has 0 bridgehead atoms. The molecule has 0 saturated heterocycles. The van der Waals surface area contributed by atoms with Crippen molar-refractivity contribution < 1.29 is 33.9 Å². The molecule has 0 aromatic heterocycles. The molecular formula is C38H40N4O7. The van der Waals surface area contributed by atoms with E-state index >= 15 is 0 Å². The van der Waals surface area contributed by atoms with Gasteiger partial charge in [-0.2, -0.15) is 0 Å². The first-order valence-corrected chi connectivity index (χ1v) is 15.9. The first-order valence-electron chi connectivity index (χ1n) is 15.9. The van der Waals surface area contributed by atoms with Gasteiger partial charge in [-0.15, -0.1) is 0 Å². The number of hydrogen-bond acceptors (Lipinski definition) is 6. The third-order valence-electron chi connectivity index (χ3n) is 7.96. The monoisotopic (exact) mass is 664 g/mol. The molecule has 4 aromatic rings. The number of hydrogen-bond donors (Lipinski definition) is 5. The minimum atomic E-state index is -1.66. The van der Waals surface area contributed by atoms with Gasteiger partial charge in [0.05, 0.1) is 12.5 Å². The molecule has 11 nitrogen and oxygen atoms in total. The Kier molecular flexibility index (Phi) is 12.0. The molecule has 3 atom stereocenters. The summed E-state index contributed by atoms with van der Waals surface area (Å²) in [5, 5.41) is 21.5. The summed E-state index contributed by atoms with van der Waals surface area (Å²) in [6.07, 6.45) is 0.127. The molecule has 5 N–H and O–H groups in total. The highest BCUT2D eigenvalue weighted by atomic mass is 16.4. The third kappa shape index (κ3) is 10.3. The van der Waals surface area contributed by atoms with Gasteiger partial charge in [0.15, 0.2) is 0 Å². The van der Waals surface area contributed by atoms with E-state index in [-0.39, 0.29) is 19.3 Å². The lowest BCUT2D eigenvalue weighted by Crippen LogP contribution is -2.59. The number of carbonyl (C=O) groups is 6. The Balaban J connectivity index is 1.47. The lowest BCUT2D eigenvalue weighted by molar-refractivity contribution is -0.146. The van der Waals surface area contributed by atoms with Crippen LogP contribution in [0.1, 0.15) is 37.5 Å². The van der Waals surface area contributed by atoms with Crippen molar-refractivity contribution in [1.82, 2.24) is 21.3 Å². The summed E-state index contributed by atoms with van der Waals surface area (Å²) >= 11 is 0. The second kappa shape index (κ2) is 16.3. The van der Waals surface area contributed by atoms with Crippen molar-refractivity contribution in [3.63, 3.8) is 0 Å². The van der Waals surface area contributed by atoms with Gasteiger partial charge in [-0.05, 0) is 48.2 Å². The largest absolute Gasteiger partial charge is 0.480 e. The van der Waals surface area contributed by atoms with Crippen LogP contribution in [0.3, 0.4) is 0 Å². The van der Waals surface area contributed by atoms with E-state index in [9.17, 15) is 33.9 Å². The lowest BCUT2D eigenvalue weighted by atomic mass is 9.99. The quantitative estimate of drug-likeness (QED) is 0.122. The number of Topliss-reactive ketones (excluding diaryl/α,β-unsaturated/α-hetero) is 1. The number of benzene rings is 4. The molecule has 4 amide bonds. The zero-order valence-electron chi connectivity index (χ0n) is 27.6. The Morgan fingerprint density at radius 3 is 1.82 bits per heavy atom. The van der Waals surface area contributed by atoms with Gasteiger partial charge >= 0.3 is 5.97 Å². The average Bonchev–Trinajstić information content (AvgIpc) is 3.07. The van der Waals surface area contributed by atoms with Crippen LogP contribution in [0.25, 0.3) is 10.8 Å². The maximum atomic E-state index is 13.4. The molecule has 4 aromatic carbocycles. The maximum Gasteiger partial charge on any atom is 0.328 e. The van der Waals surface area contributed by atoms with Crippen molar-refractivity contribution >= 4 is 46.2 Å². The van der Waals surface area contributed by atoms with Gasteiger partial charge in [0.2, 0.25) is 23.5 Å². The molecule has 4 rings (SSSR count). The minimum absolute atomic E-state index is 0.0373. The zero-order valence-corrected chi connectivity index (χ0v) is 27.6. The Morgan fingerprint density at radius 2 is 1.18 bits per heavy atom. The van der Waals surface area contributed by atoms with Crippen molar-refractivity contribution in [2.45, 2.75) is 63.7 Å². The van der Waals surface area contributed by atoms with Gasteiger partial charge in [-0.3, -0.25) is 24.0 Å².